The number of carbonyl (C=O) groups excluding carboxylic acids is 1. The van der Waals surface area contributed by atoms with Gasteiger partial charge in [-0.3, -0.25) is 4.79 Å². The zero-order valence-electron chi connectivity index (χ0n) is 15.5. The van der Waals surface area contributed by atoms with Gasteiger partial charge in [0.2, 0.25) is 23.4 Å². The number of nitriles is 1. The van der Waals surface area contributed by atoms with Gasteiger partial charge in [-0.1, -0.05) is 6.42 Å². The molecule has 3 fully saturated rings. The number of aromatic nitrogens is 1. The molecule has 152 valence electrons. The molecule has 2 saturated carbocycles. The number of alkyl halides is 3. The third-order valence-corrected chi connectivity index (χ3v) is 6.02. The van der Waals surface area contributed by atoms with E-state index in [1.807, 2.05) is 4.90 Å². The smallest absolute Gasteiger partial charge is 0.391 e. The van der Waals surface area contributed by atoms with Crippen LogP contribution in [0.25, 0.3) is 0 Å². The minimum atomic E-state index is -4.23. The van der Waals surface area contributed by atoms with Gasteiger partial charge in [0.15, 0.2) is 0 Å². The fraction of sp³-hybridized carbons (Fsp3) is 0.737. The molecule has 1 amide bonds. The average molecular weight is 396 g/mol. The molecule has 1 saturated heterocycles. The first-order valence-electron chi connectivity index (χ1n) is 9.88. The molecule has 0 unspecified atom stereocenters. The van der Waals surface area contributed by atoms with E-state index < -0.39 is 18.0 Å². The van der Waals surface area contributed by atoms with Crippen LogP contribution >= 0.6 is 0 Å². The predicted molar refractivity (Wildman–Crippen MR) is 93.5 cm³/mol. The van der Waals surface area contributed by atoms with Crippen LogP contribution in [0.4, 0.5) is 19.1 Å². The molecule has 0 spiro atoms. The second-order valence-electron chi connectivity index (χ2n) is 8.01. The highest BCUT2D eigenvalue weighted by molar-refractivity contribution is 5.79. The van der Waals surface area contributed by atoms with E-state index in [-0.39, 0.29) is 24.4 Å². The molecule has 1 aromatic rings. The second-order valence-corrected chi connectivity index (χ2v) is 8.01. The summed E-state index contributed by atoms with van der Waals surface area (Å²) >= 11 is 0. The van der Waals surface area contributed by atoms with Crippen molar-refractivity contribution in [1.29, 1.82) is 5.26 Å². The summed E-state index contributed by atoms with van der Waals surface area (Å²) in [6, 6.07) is 2.07. The normalized spacial score (nSPS) is 26.2. The van der Waals surface area contributed by atoms with Crippen LogP contribution in [0.3, 0.4) is 0 Å². The summed E-state index contributed by atoms with van der Waals surface area (Å²) in [5.74, 6) is -0.739. The van der Waals surface area contributed by atoms with Crippen molar-refractivity contribution in [3.8, 4) is 6.07 Å². The van der Waals surface area contributed by atoms with E-state index in [4.69, 9.17) is 4.42 Å². The largest absolute Gasteiger partial charge is 0.423 e. The molecule has 2 aliphatic carbocycles. The lowest BCUT2D eigenvalue weighted by molar-refractivity contribution is -0.187. The van der Waals surface area contributed by atoms with Crippen LogP contribution in [0.1, 0.15) is 56.0 Å². The Labute approximate surface area is 161 Å². The average Bonchev–Trinajstić information content (AvgIpc) is 3.46. The Morgan fingerprint density at radius 2 is 1.86 bits per heavy atom. The highest BCUT2D eigenvalue weighted by Gasteiger charge is 2.44. The summed E-state index contributed by atoms with van der Waals surface area (Å²) in [7, 11) is 0. The third kappa shape index (κ3) is 3.82. The van der Waals surface area contributed by atoms with E-state index in [9.17, 15) is 23.2 Å². The van der Waals surface area contributed by atoms with E-state index in [0.29, 0.717) is 56.7 Å². The maximum absolute atomic E-state index is 13.0. The molecule has 28 heavy (non-hydrogen) atoms. The van der Waals surface area contributed by atoms with Crippen molar-refractivity contribution in [1.82, 2.24) is 9.88 Å². The van der Waals surface area contributed by atoms with Crippen LogP contribution in [0, 0.1) is 23.2 Å². The Balaban J connectivity index is 1.36. The minimum Gasteiger partial charge on any atom is -0.423 e. The van der Waals surface area contributed by atoms with E-state index in [2.05, 4.69) is 11.1 Å². The highest BCUT2D eigenvalue weighted by atomic mass is 19.4. The lowest BCUT2D eigenvalue weighted by Gasteiger charge is -2.38. The third-order valence-electron chi connectivity index (χ3n) is 6.02. The van der Waals surface area contributed by atoms with E-state index in [1.165, 1.54) is 0 Å². The molecule has 0 radical (unpaired) electrons. The Bertz CT molecular complexity index is 773. The van der Waals surface area contributed by atoms with Gasteiger partial charge in [-0.2, -0.15) is 18.4 Å². The van der Waals surface area contributed by atoms with Gasteiger partial charge in [0.1, 0.15) is 6.07 Å². The van der Waals surface area contributed by atoms with E-state index in [1.54, 1.807) is 4.90 Å². The first-order chi connectivity index (χ1) is 13.4. The number of rotatable bonds is 3. The monoisotopic (exact) mass is 396 g/mol. The van der Waals surface area contributed by atoms with Gasteiger partial charge in [-0.15, -0.1) is 0 Å². The molecule has 0 bridgehead atoms. The topological polar surface area (TPSA) is 73.4 Å². The van der Waals surface area contributed by atoms with Crippen molar-refractivity contribution in [3.63, 3.8) is 0 Å². The molecule has 9 heteroatoms. The van der Waals surface area contributed by atoms with Crippen LogP contribution in [0.5, 0.6) is 0 Å². The summed E-state index contributed by atoms with van der Waals surface area (Å²) in [5, 5.41) is 9.31. The number of amides is 1. The lowest BCUT2D eigenvalue weighted by Crippen LogP contribution is -2.51. The lowest BCUT2D eigenvalue weighted by atomic mass is 9.80. The second kappa shape index (κ2) is 7.30. The van der Waals surface area contributed by atoms with Gasteiger partial charge in [0.05, 0.1) is 5.92 Å². The summed E-state index contributed by atoms with van der Waals surface area (Å²) in [6.07, 6.45) is -1.20. The quantitative estimate of drug-likeness (QED) is 0.783. The number of hydrogen-bond donors (Lipinski definition) is 0. The van der Waals surface area contributed by atoms with E-state index >= 15 is 0 Å². The van der Waals surface area contributed by atoms with Crippen molar-refractivity contribution in [2.75, 3.05) is 31.1 Å². The van der Waals surface area contributed by atoms with Gasteiger partial charge in [-0.25, -0.2) is 4.98 Å². The molecular formula is C19H23F3N4O2. The van der Waals surface area contributed by atoms with Gasteiger partial charge in [0, 0.05) is 38.0 Å². The first-order valence-corrected chi connectivity index (χ1v) is 9.88. The molecule has 3 aliphatic rings. The van der Waals surface area contributed by atoms with Crippen molar-refractivity contribution < 1.29 is 22.4 Å². The van der Waals surface area contributed by atoms with Gasteiger partial charge in [0.25, 0.3) is 0 Å². The molecule has 2 atom stereocenters. The van der Waals surface area contributed by atoms with Crippen LogP contribution < -0.4 is 4.90 Å². The van der Waals surface area contributed by atoms with Crippen LogP contribution in [-0.4, -0.2) is 48.1 Å². The number of anilines is 1. The zero-order valence-corrected chi connectivity index (χ0v) is 15.5. The Hall–Kier alpha value is -2.24. The van der Waals surface area contributed by atoms with Crippen LogP contribution in [-0.2, 0) is 4.79 Å². The fourth-order valence-corrected chi connectivity index (χ4v) is 4.22. The highest BCUT2D eigenvalue weighted by Crippen LogP contribution is 2.42. The summed E-state index contributed by atoms with van der Waals surface area (Å²) in [6.45, 7) is 1.79. The first kappa shape index (κ1) is 19.1. The molecule has 1 aliphatic heterocycles. The van der Waals surface area contributed by atoms with Crippen molar-refractivity contribution in [2.45, 2.75) is 50.6 Å². The van der Waals surface area contributed by atoms with Gasteiger partial charge in [-0.05, 0) is 32.1 Å². The van der Waals surface area contributed by atoms with E-state index in [0.717, 1.165) is 12.8 Å². The van der Waals surface area contributed by atoms with Crippen LogP contribution in [0.2, 0.25) is 0 Å². The maximum atomic E-state index is 13.0. The molecule has 4 rings (SSSR count). The maximum Gasteiger partial charge on any atom is 0.391 e. The Morgan fingerprint density at radius 3 is 2.46 bits per heavy atom. The summed E-state index contributed by atoms with van der Waals surface area (Å²) in [4.78, 5) is 20.6. The molecular weight excluding hydrogens is 373 g/mol. The van der Waals surface area contributed by atoms with Crippen molar-refractivity contribution in [2.24, 2.45) is 11.8 Å². The van der Waals surface area contributed by atoms with Gasteiger partial charge < -0.3 is 14.2 Å². The molecule has 2 heterocycles. The Kier molecular flexibility index (Phi) is 4.98. The number of piperazine rings is 1. The molecule has 0 N–H and O–H groups in total. The van der Waals surface area contributed by atoms with Crippen molar-refractivity contribution >= 4 is 11.8 Å². The summed E-state index contributed by atoms with van der Waals surface area (Å²) in [5.41, 5.74) is 0.266. The summed E-state index contributed by atoms with van der Waals surface area (Å²) < 4.78 is 44.9. The number of nitrogens with zero attached hydrogens (tertiary/aromatic N) is 4. The zero-order chi connectivity index (χ0) is 19.9. The number of hydrogen-bond acceptors (Lipinski definition) is 5. The molecule has 1 aromatic heterocycles. The van der Waals surface area contributed by atoms with Gasteiger partial charge >= 0.3 is 6.18 Å². The number of halogens is 3. The van der Waals surface area contributed by atoms with Crippen molar-refractivity contribution in [3.05, 3.63) is 11.6 Å². The molecule has 6 nitrogen and oxygen atoms in total. The number of oxazole rings is 1. The minimum absolute atomic E-state index is 0.103. The SMILES string of the molecule is N#Cc1nc(C2CC2)oc1N1CCN(C(=O)[C@@H]2CCC[C@@H](C(F)(F)F)C2)CC1. The predicted octanol–water partition coefficient (Wildman–Crippen LogP) is 3.44. The number of carbonyl (C=O) groups is 1. The Morgan fingerprint density at radius 1 is 1.14 bits per heavy atom. The fourth-order valence-electron chi connectivity index (χ4n) is 4.22. The van der Waals surface area contributed by atoms with Crippen LogP contribution in [0.15, 0.2) is 4.42 Å². The standard InChI is InChI=1S/C19H23F3N4O2/c20-19(21,22)14-3-1-2-13(10-14)17(27)25-6-8-26(9-7-25)18-15(11-23)24-16(28-18)12-4-5-12/h12-14H,1-10H2/t13-,14-/m1/s1. The molecule has 0 aromatic carbocycles.